The number of carbonyl (C=O) groups is 1. The predicted molar refractivity (Wildman–Crippen MR) is 95.2 cm³/mol. The summed E-state index contributed by atoms with van der Waals surface area (Å²) in [6.45, 7) is 0.119. The molecular formula is C16H14F3N5OS2. The van der Waals surface area contributed by atoms with E-state index in [0.29, 0.717) is 34.2 Å². The van der Waals surface area contributed by atoms with Gasteiger partial charge in [-0.15, -0.1) is 22.7 Å². The maximum absolute atomic E-state index is 13.3. The number of rotatable bonds is 4. The van der Waals surface area contributed by atoms with Crippen molar-refractivity contribution < 1.29 is 18.0 Å². The molecule has 1 amide bonds. The molecule has 0 radical (unpaired) electrons. The van der Waals surface area contributed by atoms with Gasteiger partial charge in [0.05, 0.1) is 6.54 Å². The van der Waals surface area contributed by atoms with Crippen LogP contribution in [0, 0.1) is 0 Å². The minimum atomic E-state index is -4.46. The lowest BCUT2D eigenvalue weighted by molar-refractivity contribution is -0.142. The van der Waals surface area contributed by atoms with Crippen LogP contribution >= 0.6 is 22.7 Å². The second-order valence-electron chi connectivity index (χ2n) is 6.05. The first-order chi connectivity index (χ1) is 12.9. The summed E-state index contributed by atoms with van der Waals surface area (Å²) in [5, 5.41) is 10.8. The molecule has 0 bridgehead atoms. The molecule has 0 spiro atoms. The number of aromatic nitrogens is 4. The van der Waals surface area contributed by atoms with Gasteiger partial charge in [-0.05, 0) is 25.7 Å². The highest BCUT2D eigenvalue weighted by Crippen LogP contribution is 2.36. The van der Waals surface area contributed by atoms with Gasteiger partial charge in [-0.2, -0.15) is 18.3 Å². The molecule has 0 aliphatic heterocycles. The first-order valence-corrected chi connectivity index (χ1v) is 9.99. The lowest BCUT2D eigenvalue weighted by Crippen LogP contribution is -2.13. The molecular weight excluding hydrogens is 399 g/mol. The van der Waals surface area contributed by atoms with E-state index in [0.717, 1.165) is 12.8 Å². The fourth-order valence-corrected chi connectivity index (χ4v) is 4.37. The minimum absolute atomic E-state index is 0.119. The maximum atomic E-state index is 13.3. The molecule has 0 saturated heterocycles. The number of hydrogen-bond acceptors (Lipinski definition) is 6. The number of thiazole rings is 2. The normalized spacial score (nSPS) is 14.2. The molecule has 0 atom stereocenters. The zero-order chi connectivity index (χ0) is 19.0. The number of halogens is 3. The Morgan fingerprint density at radius 2 is 2.07 bits per heavy atom. The molecule has 11 heteroatoms. The zero-order valence-electron chi connectivity index (χ0n) is 13.9. The average Bonchev–Trinajstić information content (AvgIpc) is 3.35. The van der Waals surface area contributed by atoms with E-state index in [2.05, 4.69) is 20.4 Å². The third kappa shape index (κ3) is 3.74. The summed E-state index contributed by atoms with van der Waals surface area (Å²) >= 11 is 2.51. The molecule has 3 aromatic rings. The van der Waals surface area contributed by atoms with Gasteiger partial charge in [0.15, 0.2) is 10.8 Å². The summed E-state index contributed by atoms with van der Waals surface area (Å²) in [6.07, 6.45) is -0.347. The van der Waals surface area contributed by atoms with E-state index in [4.69, 9.17) is 0 Å². The highest BCUT2D eigenvalue weighted by atomic mass is 32.1. The Morgan fingerprint density at radius 3 is 2.81 bits per heavy atom. The van der Waals surface area contributed by atoms with Crippen molar-refractivity contribution in [3.63, 3.8) is 0 Å². The standard InChI is InChI=1S/C16H14F3N5OS2/c17-16(18,19)13-9-3-1-2-4-11(9)24(23-13)7-12-21-10(8-27-12)14(25)22-15-20-5-6-26-15/h5-6,8H,1-4,7H2,(H,20,22,25). The van der Waals surface area contributed by atoms with Crippen LogP contribution in [0.1, 0.15) is 45.3 Å². The van der Waals surface area contributed by atoms with Crippen molar-refractivity contribution in [1.29, 1.82) is 0 Å². The Kier molecular flexibility index (Phi) is 4.72. The van der Waals surface area contributed by atoms with Crippen LogP contribution in [-0.4, -0.2) is 25.7 Å². The van der Waals surface area contributed by atoms with Gasteiger partial charge in [0.1, 0.15) is 10.7 Å². The third-order valence-corrected chi connectivity index (χ3v) is 5.77. The Hall–Kier alpha value is -2.27. The molecule has 0 saturated carbocycles. The number of carbonyl (C=O) groups excluding carboxylic acids is 1. The van der Waals surface area contributed by atoms with Gasteiger partial charge in [0, 0.05) is 28.2 Å². The molecule has 0 fully saturated rings. The second-order valence-corrected chi connectivity index (χ2v) is 7.89. The fourth-order valence-electron chi connectivity index (χ4n) is 3.09. The topological polar surface area (TPSA) is 72.7 Å². The van der Waals surface area contributed by atoms with E-state index >= 15 is 0 Å². The molecule has 1 aliphatic carbocycles. The van der Waals surface area contributed by atoms with Crippen LogP contribution in [0.5, 0.6) is 0 Å². The summed E-state index contributed by atoms with van der Waals surface area (Å²) in [6, 6.07) is 0. The number of alkyl halides is 3. The Balaban J connectivity index is 1.56. The van der Waals surface area contributed by atoms with Crippen molar-refractivity contribution in [3.8, 4) is 0 Å². The molecule has 3 heterocycles. The Bertz CT molecular complexity index is 962. The van der Waals surface area contributed by atoms with Crippen LogP contribution < -0.4 is 5.32 Å². The van der Waals surface area contributed by atoms with E-state index in [1.807, 2.05) is 0 Å². The SMILES string of the molecule is O=C(Nc1nccs1)c1csc(Cn2nc(C(F)(F)F)c3c2CCCC3)n1. The van der Waals surface area contributed by atoms with Crippen molar-refractivity contribution in [1.82, 2.24) is 19.7 Å². The van der Waals surface area contributed by atoms with Gasteiger partial charge in [-0.3, -0.25) is 14.8 Å². The monoisotopic (exact) mass is 413 g/mol. The maximum Gasteiger partial charge on any atom is 0.435 e. The smallest absolute Gasteiger partial charge is 0.296 e. The quantitative estimate of drug-likeness (QED) is 0.702. The van der Waals surface area contributed by atoms with Crippen molar-refractivity contribution in [2.75, 3.05) is 5.32 Å². The summed E-state index contributed by atoms with van der Waals surface area (Å²) in [5.74, 6) is -0.397. The van der Waals surface area contributed by atoms with Gasteiger partial charge in [0.2, 0.25) is 0 Å². The number of nitrogens with zero attached hydrogens (tertiary/aromatic N) is 4. The van der Waals surface area contributed by atoms with Gasteiger partial charge in [0.25, 0.3) is 5.91 Å². The Morgan fingerprint density at radius 1 is 1.26 bits per heavy atom. The fraction of sp³-hybridized carbons (Fsp3) is 0.375. The number of fused-ring (bicyclic) bond motifs is 1. The second kappa shape index (κ2) is 7.04. The number of hydrogen-bond donors (Lipinski definition) is 1. The molecule has 142 valence electrons. The third-order valence-electron chi connectivity index (χ3n) is 4.25. The molecule has 1 aliphatic rings. The Labute approximate surface area is 160 Å². The first-order valence-electron chi connectivity index (χ1n) is 8.23. The zero-order valence-corrected chi connectivity index (χ0v) is 15.5. The molecule has 3 aromatic heterocycles. The van der Waals surface area contributed by atoms with Crippen molar-refractivity contribution in [2.24, 2.45) is 0 Å². The summed E-state index contributed by atoms with van der Waals surface area (Å²) in [7, 11) is 0. The number of amides is 1. The molecule has 1 N–H and O–H groups in total. The summed E-state index contributed by atoms with van der Waals surface area (Å²) < 4.78 is 41.2. The highest BCUT2D eigenvalue weighted by Gasteiger charge is 2.39. The lowest BCUT2D eigenvalue weighted by atomic mass is 9.95. The number of nitrogens with one attached hydrogen (secondary N) is 1. The molecule has 0 aromatic carbocycles. The van der Waals surface area contributed by atoms with Crippen LogP contribution in [0.25, 0.3) is 0 Å². The highest BCUT2D eigenvalue weighted by molar-refractivity contribution is 7.13. The van der Waals surface area contributed by atoms with Crippen molar-refractivity contribution >= 4 is 33.7 Å². The number of anilines is 1. The van der Waals surface area contributed by atoms with Crippen LogP contribution in [-0.2, 0) is 25.6 Å². The average molecular weight is 413 g/mol. The van der Waals surface area contributed by atoms with Gasteiger partial charge in [-0.1, -0.05) is 0 Å². The van der Waals surface area contributed by atoms with Crippen LogP contribution in [0.15, 0.2) is 17.0 Å². The van der Waals surface area contributed by atoms with Crippen molar-refractivity contribution in [2.45, 2.75) is 38.4 Å². The summed E-state index contributed by atoms with van der Waals surface area (Å²) in [4.78, 5) is 20.4. The van der Waals surface area contributed by atoms with Crippen LogP contribution in [0.3, 0.4) is 0 Å². The van der Waals surface area contributed by atoms with Gasteiger partial charge in [-0.25, -0.2) is 9.97 Å². The van der Waals surface area contributed by atoms with Crippen LogP contribution in [0.2, 0.25) is 0 Å². The molecule has 4 rings (SSSR count). The van der Waals surface area contributed by atoms with E-state index in [1.54, 1.807) is 17.0 Å². The molecule has 27 heavy (non-hydrogen) atoms. The molecule has 6 nitrogen and oxygen atoms in total. The van der Waals surface area contributed by atoms with E-state index in [-0.39, 0.29) is 12.2 Å². The van der Waals surface area contributed by atoms with E-state index in [1.165, 1.54) is 27.4 Å². The van der Waals surface area contributed by atoms with E-state index < -0.39 is 17.8 Å². The van der Waals surface area contributed by atoms with Crippen LogP contribution in [0.4, 0.5) is 18.3 Å². The minimum Gasteiger partial charge on any atom is -0.296 e. The first kappa shape index (κ1) is 18.1. The predicted octanol–water partition coefficient (Wildman–Crippen LogP) is 3.99. The van der Waals surface area contributed by atoms with Crippen molar-refractivity contribution in [3.05, 3.63) is 44.6 Å². The van der Waals surface area contributed by atoms with Gasteiger partial charge < -0.3 is 0 Å². The van der Waals surface area contributed by atoms with E-state index in [9.17, 15) is 18.0 Å². The summed E-state index contributed by atoms with van der Waals surface area (Å²) in [5.41, 5.74) is 0.336. The largest absolute Gasteiger partial charge is 0.435 e. The lowest BCUT2D eigenvalue weighted by Gasteiger charge is -2.14. The van der Waals surface area contributed by atoms with Gasteiger partial charge >= 0.3 is 6.18 Å². The molecule has 0 unspecified atom stereocenters.